The van der Waals surface area contributed by atoms with Crippen LogP contribution in [0, 0.1) is 0 Å². The molecule has 0 bridgehead atoms. The zero-order valence-corrected chi connectivity index (χ0v) is 9.68. The predicted molar refractivity (Wildman–Crippen MR) is 59.5 cm³/mol. The molecule has 0 saturated carbocycles. The van der Waals surface area contributed by atoms with E-state index in [1.165, 1.54) is 0 Å². The van der Waals surface area contributed by atoms with Crippen LogP contribution < -0.4 is 4.90 Å². The molecule has 1 atom stereocenters. The van der Waals surface area contributed by atoms with E-state index in [2.05, 4.69) is 15.9 Å². The Morgan fingerprint density at radius 1 is 1.29 bits per heavy atom. The van der Waals surface area contributed by atoms with Crippen LogP contribution in [-0.2, 0) is 15.6 Å². The average Bonchev–Trinajstić information content (AvgIpc) is 2.47. The van der Waals surface area contributed by atoms with Crippen LogP contribution in [0.25, 0.3) is 0 Å². The maximum Gasteiger partial charge on any atom is 0.240 e. The third-order valence-corrected chi connectivity index (χ3v) is 3.64. The number of carbonyl (C=O) groups is 1. The van der Waals surface area contributed by atoms with E-state index in [1.807, 2.05) is 24.3 Å². The third kappa shape index (κ3) is 1.88. The number of rotatable bonds is 1. The second kappa shape index (κ2) is 3.82. The van der Waals surface area contributed by atoms with Gasteiger partial charge in [-0.1, -0.05) is 15.9 Å². The van der Waals surface area contributed by atoms with Gasteiger partial charge in [-0.05, 0) is 24.3 Å². The lowest BCUT2D eigenvalue weighted by atomic mass is 10.3. The highest BCUT2D eigenvalue weighted by Gasteiger charge is 2.27. The van der Waals surface area contributed by atoms with E-state index in [9.17, 15) is 9.00 Å². The molecule has 1 aromatic carbocycles. The molecule has 1 amide bonds. The van der Waals surface area contributed by atoms with Crippen LogP contribution in [0.5, 0.6) is 0 Å². The molecule has 74 valence electrons. The molecule has 5 heteroatoms. The van der Waals surface area contributed by atoms with Crippen LogP contribution in [0.4, 0.5) is 5.69 Å². The Morgan fingerprint density at radius 3 is 2.43 bits per heavy atom. The molecule has 1 saturated heterocycles. The highest BCUT2D eigenvalue weighted by atomic mass is 79.9. The highest BCUT2D eigenvalue weighted by Crippen LogP contribution is 2.21. The maximum absolute atomic E-state index is 11.4. The molecule has 0 radical (unpaired) electrons. The number of benzene rings is 1. The molecule has 3 nitrogen and oxygen atoms in total. The second-order valence-electron chi connectivity index (χ2n) is 3.01. The van der Waals surface area contributed by atoms with Crippen LogP contribution in [-0.4, -0.2) is 21.7 Å². The van der Waals surface area contributed by atoms with Gasteiger partial charge < -0.3 is 0 Å². The summed E-state index contributed by atoms with van der Waals surface area (Å²) in [7, 11) is -1.02. The lowest BCUT2D eigenvalue weighted by Crippen LogP contribution is -2.24. The smallest absolute Gasteiger partial charge is 0.240 e. The Hall–Kier alpha value is -0.680. The SMILES string of the molecule is O=C1C[S@](=O)CN1c1ccc(Br)cc1. The molecule has 1 fully saturated rings. The van der Waals surface area contributed by atoms with Crippen molar-refractivity contribution < 1.29 is 9.00 Å². The molecule has 2 rings (SSSR count). The number of hydrogen-bond acceptors (Lipinski definition) is 2. The van der Waals surface area contributed by atoms with Gasteiger partial charge in [0.25, 0.3) is 0 Å². The van der Waals surface area contributed by atoms with Crippen LogP contribution in [0.1, 0.15) is 0 Å². The minimum atomic E-state index is -1.02. The van der Waals surface area contributed by atoms with E-state index >= 15 is 0 Å². The van der Waals surface area contributed by atoms with Crippen LogP contribution >= 0.6 is 15.9 Å². The molecule has 0 aliphatic carbocycles. The Labute approximate surface area is 92.7 Å². The van der Waals surface area contributed by atoms with Crippen molar-refractivity contribution in [3.8, 4) is 0 Å². The number of halogens is 1. The molecule has 0 spiro atoms. The molecule has 1 aromatic rings. The Bertz CT molecular complexity index is 390. The number of hydrogen-bond donors (Lipinski definition) is 0. The minimum Gasteiger partial charge on any atom is -0.299 e. The van der Waals surface area contributed by atoms with Crippen LogP contribution in [0.15, 0.2) is 28.7 Å². The van der Waals surface area contributed by atoms with Gasteiger partial charge in [0.05, 0.1) is 10.8 Å². The number of anilines is 1. The molecule has 0 unspecified atom stereocenters. The van der Waals surface area contributed by atoms with Crippen molar-refractivity contribution >= 4 is 38.3 Å². The topological polar surface area (TPSA) is 37.4 Å². The van der Waals surface area contributed by atoms with Crippen molar-refractivity contribution in [3.05, 3.63) is 28.7 Å². The Balaban J connectivity index is 2.27. The minimum absolute atomic E-state index is 0.0642. The summed E-state index contributed by atoms with van der Waals surface area (Å²) in [4.78, 5) is 12.9. The van der Waals surface area contributed by atoms with Gasteiger partial charge in [0.2, 0.25) is 5.91 Å². The van der Waals surface area contributed by atoms with Gasteiger partial charge in [-0.2, -0.15) is 0 Å². The van der Waals surface area contributed by atoms with Gasteiger partial charge >= 0.3 is 0 Å². The van der Waals surface area contributed by atoms with E-state index in [1.54, 1.807) is 4.90 Å². The largest absolute Gasteiger partial charge is 0.299 e. The molecule has 14 heavy (non-hydrogen) atoms. The molecule has 1 aliphatic rings. The first-order valence-electron chi connectivity index (χ1n) is 4.08. The lowest BCUT2D eigenvalue weighted by Gasteiger charge is -2.13. The molecular formula is C9H8BrNO2S. The first kappa shape index (κ1) is 9.86. The van der Waals surface area contributed by atoms with Crippen molar-refractivity contribution in [1.29, 1.82) is 0 Å². The fraction of sp³-hybridized carbons (Fsp3) is 0.222. The highest BCUT2D eigenvalue weighted by molar-refractivity contribution is 9.10. The normalized spacial score (nSPS) is 21.6. The van der Waals surface area contributed by atoms with E-state index in [0.717, 1.165) is 10.2 Å². The van der Waals surface area contributed by atoms with Gasteiger partial charge in [0.15, 0.2) is 0 Å². The zero-order valence-electron chi connectivity index (χ0n) is 7.27. The van der Waals surface area contributed by atoms with Gasteiger partial charge in [-0.3, -0.25) is 13.9 Å². The number of amides is 1. The average molecular weight is 274 g/mol. The van der Waals surface area contributed by atoms with Crippen LogP contribution in [0.2, 0.25) is 0 Å². The summed E-state index contributed by atoms with van der Waals surface area (Å²) in [5, 5.41) is 0. The molecule has 0 aromatic heterocycles. The standard InChI is InChI=1S/C9H8BrNO2S/c10-7-1-3-8(4-2-7)11-6-14(13)5-9(11)12/h1-4H,5-6H2/t14-/m0/s1. The van der Waals surface area contributed by atoms with E-state index in [-0.39, 0.29) is 11.7 Å². The Morgan fingerprint density at radius 2 is 1.93 bits per heavy atom. The summed E-state index contributed by atoms with van der Waals surface area (Å²) in [6.07, 6.45) is 0. The fourth-order valence-electron chi connectivity index (χ4n) is 1.32. The number of carbonyl (C=O) groups excluding carboxylic acids is 1. The lowest BCUT2D eigenvalue weighted by molar-refractivity contribution is -0.115. The quantitative estimate of drug-likeness (QED) is 0.778. The predicted octanol–water partition coefficient (Wildman–Crippen LogP) is 1.50. The van der Waals surface area contributed by atoms with Gasteiger partial charge in [-0.25, -0.2) is 0 Å². The fourth-order valence-corrected chi connectivity index (χ4v) is 2.68. The summed E-state index contributed by atoms with van der Waals surface area (Å²) in [6.45, 7) is 0. The monoisotopic (exact) mass is 273 g/mol. The molecule has 0 N–H and O–H groups in total. The van der Waals surface area contributed by atoms with Crippen LogP contribution in [0.3, 0.4) is 0 Å². The molecular weight excluding hydrogens is 266 g/mol. The van der Waals surface area contributed by atoms with Crippen molar-refractivity contribution in [2.24, 2.45) is 0 Å². The van der Waals surface area contributed by atoms with Crippen molar-refractivity contribution in [2.75, 3.05) is 16.5 Å². The molecule has 1 aliphatic heterocycles. The number of nitrogens with zero attached hydrogens (tertiary/aromatic N) is 1. The third-order valence-electron chi connectivity index (χ3n) is 2.00. The zero-order chi connectivity index (χ0) is 10.1. The Kier molecular flexibility index (Phi) is 2.69. The summed E-state index contributed by atoms with van der Waals surface area (Å²) < 4.78 is 12.1. The van der Waals surface area contributed by atoms with Crippen molar-refractivity contribution in [2.45, 2.75) is 0 Å². The summed E-state index contributed by atoms with van der Waals surface area (Å²) in [6, 6.07) is 7.41. The van der Waals surface area contributed by atoms with Gasteiger partial charge in [0.1, 0.15) is 11.6 Å². The summed E-state index contributed by atoms with van der Waals surface area (Å²) in [5.41, 5.74) is 0.809. The van der Waals surface area contributed by atoms with E-state index in [4.69, 9.17) is 0 Å². The van der Waals surface area contributed by atoms with E-state index in [0.29, 0.717) is 5.88 Å². The second-order valence-corrected chi connectivity index (χ2v) is 5.35. The summed E-state index contributed by atoms with van der Waals surface area (Å²) in [5.74, 6) is 0.405. The van der Waals surface area contributed by atoms with Gasteiger partial charge in [-0.15, -0.1) is 0 Å². The first-order valence-corrected chi connectivity index (χ1v) is 6.36. The molecule has 1 heterocycles. The van der Waals surface area contributed by atoms with Crippen molar-refractivity contribution in [3.63, 3.8) is 0 Å². The van der Waals surface area contributed by atoms with Gasteiger partial charge in [0, 0.05) is 10.2 Å². The van der Waals surface area contributed by atoms with Crippen molar-refractivity contribution in [1.82, 2.24) is 0 Å². The first-order chi connectivity index (χ1) is 6.66. The maximum atomic E-state index is 11.4. The van der Waals surface area contributed by atoms with E-state index < -0.39 is 10.8 Å². The summed E-state index contributed by atoms with van der Waals surface area (Å²) >= 11 is 3.32.